The van der Waals surface area contributed by atoms with Crippen LogP contribution in [0.5, 0.6) is 5.88 Å². The summed E-state index contributed by atoms with van der Waals surface area (Å²) in [6, 6.07) is 0. The molecule has 0 spiro atoms. The molecule has 0 unspecified atom stereocenters. The predicted octanol–water partition coefficient (Wildman–Crippen LogP) is 2.45. The largest absolute Gasteiger partial charge is 0.476 e. The zero-order chi connectivity index (χ0) is 15.0. The summed E-state index contributed by atoms with van der Waals surface area (Å²) in [4.78, 5) is 8.67. The lowest BCUT2D eigenvalue weighted by molar-refractivity contribution is 0.176. The molecule has 0 aliphatic rings. The number of hydrogen-bond acceptors (Lipinski definition) is 6. The van der Waals surface area contributed by atoms with Crippen molar-refractivity contribution in [2.24, 2.45) is 5.92 Å². The summed E-state index contributed by atoms with van der Waals surface area (Å²) in [6.07, 6.45) is 2.03. The van der Waals surface area contributed by atoms with Gasteiger partial charge in [-0.05, 0) is 12.3 Å². The van der Waals surface area contributed by atoms with Crippen molar-refractivity contribution in [2.45, 2.75) is 40.2 Å². The molecular weight excluding hydrogens is 256 g/mol. The third-order valence-corrected chi connectivity index (χ3v) is 2.64. The Kier molecular flexibility index (Phi) is 7.08. The molecule has 0 aromatic carbocycles. The molecule has 20 heavy (non-hydrogen) atoms. The lowest BCUT2D eigenvalue weighted by atomic mass is 10.2. The zero-order valence-electron chi connectivity index (χ0n) is 12.9. The molecule has 1 heterocycles. The van der Waals surface area contributed by atoms with E-state index >= 15 is 0 Å². The van der Waals surface area contributed by atoms with E-state index in [0.29, 0.717) is 42.3 Å². The Hall–Kier alpha value is -1.56. The van der Waals surface area contributed by atoms with Crippen LogP contribution in [-0.4, -0.2) is 30.2 Å². The predicted molar refractivity (Wildman–Crippen MR) is 80.9 cm³/mol. The van der Waals surface area contributed by atoms with E-state index in [-0.39, 0.29) is 0 Å². The summed E-state index contributed by atoms with van der Waals surface area (Å²) in [7, 11) is 1.61. The molecule has 0 saturated heterocycles. The van der Waals surface area contributed by atoms with Gasteiger partial charge in [0.05, 0.1) is 6.61 Å². The van der Waals surface area contributed by atoms with E-state index in [1.807, 2.05) is 0 Å². The van der Waals surface area contributed by atoms with Crippen molar-refractivity contribution >= 4 is 11.5 Å². The highest BCUT2D eigenvalue weighted by Crippen LogP contribution is 2.26. The highest BCUT2D eigenvalue weighted by atomic mass is 16.5. The third kappa shape index (κ3) is 5.21. The van der Waals surface area contributed by atoms with Gasteiger partial charge in [-0.2, -0.15) is 4.98 Å². The van der Waals surface area contributed by atoms with Crippen molar-refractivity contribution in [1.29, 1.82) is 0 Å². The SMILES string of the molecule is CCCCOc1nc(COC)nc(NCC(C)C)c1N. The van der Waals surface area contributed by atoms with Crippen molar-refractivity contribution in [1.82, 2.24) is 9.97 Å². The number of anilines is 2. The van der Waals surface area contributed by atoms with Crippen molar-refractivity contribution in [3.8, 4) is 5.88 Å². The fraction of sp³-hybridized carbons (Fsp3) is 0.714. The quantitative estimate of drug-likeness (QED) is 0.677. The van der Waals surface area contributed by atoms with E-state index in [0.717, 1.165) is 19.4 Å². The van der Waals surface area contributed by atoms with E-state index in [4.69, 9.17) is 15.2 Å². The molecule has 0 aliphatic heterocycles. The lowest BCUT2D eigenvalue weighted by Gasteiger charge is -2.15. The number of nitrogens with zero attached hydrogens (tertiary/aromatic N) is 2. The molecule has 0 aliphatic carbocycles. The molecule has 0 fully saturated rings. The second-order valence-electron chi connectivity index (χ2n) is 5.12. The van der Waals surface area contributed by atoms with Crippen LogP contribution in [0.4, 0.5) is 11.5 Å². The number of ether oxygens (including phenoxy) is 2. The van der Waals surface area contributed by atoms with Gasteiger partial charge < -0.3 is 20.5 Å². The van der Waals surface area contributed by atoms with Gasteiger partial charge in [-0.15, -0.1) is 0 Å². The molecule has 0 atom stereocenters. The van der Waals surface area contributed by atoms with Crippen molar-refractivity contribution in [2.75, 3.05) is 31.3 Å². The molecule has 0 bridgehead atoms. The maximum atomic E-state index is 6.06. The molecule has 1 rings (SSSR count). The van der Waals surface area contributed by atoms with E-state index in [2.05, 4.69) is 36.1 Å². The number of unbranched alkanes of at least 4 members (excludes halogenated alkanes) is 1. The first-order valence-electron chi connectivity index (χ1n) is 7.10. The van der Waals surface area contributed by atoms with Gasteiger partial charge >= 0.3 is 0 Å². The Labute approximate surface area is 121 Å². The number of nitrogen functional groups attached to an aromatic ring is 1. The van der Waals surface area contributed by atoms with Gasteiger partial charge in [-0.3, -0.25) is 0 Å². The van der Waals surface area contributed by atoms with Gasteiger partial charge in [0, 0.05) is 13.7 Å². The Morgan fingerprint density at radius 1 is 1.30 bits per heavy atom. The Bertz CT molecular complexity index is 410. The first-order valence-corrected chi connectivity index (χ1v) is 7.10. The average Bonchev–Trinajstić information content (AvgIpc) is 2.40. The van der Waals surface area contributed by atoms with Crippen LogP contribution in [0.25, 0.3) is 0 Å². The molecule has 0 radical (unpaired) electrons. The van der Waals surface area contributed by atoms with Gasteiger partial charge in [0.25, 0.3) is 0 Å². The van der Waals surface area contributed by atoms with E-state index in [9.17, 15) is 0 Å². The molecular formula is C14H26N4O2. The smallest absolute Gasteiger partial charge is 0.242 e. The minimum Gasteiger partial charge on any atom is -0.476 e. The molecule has 0 amide bonds. The van der Waals surface area contributed by atoms with Gasteiger partial charge in [0.15, 0.2) is 11.6 Å². The molecule has 3 N–H and O–H groups in total. The first kappa shape index (κ1) is 16.5. The van der Waals surface area contributed by atoms with Gasteiger partial charge in [-0.25, -0.2) is 4.98 Å². The normalized spacial score (nSPS) is 10.8. The summed E-state index contributed by atoms with van der Waals surface area (Å²) in [5, 5.41) is 3.23. The van der Waals surface area contributed by atoms with E-state index in [1.54, 1.807) is 7.11 Å². The Morgan fingerprint density at radius 2 is 2.05 bits per heavy atom. The van der Waals surface area contributed by atoms with E-state index < -0.39 is 0 Å². The van der Waals surface area contributed by atoms with Crippen LogP contribution in [0.3, 0.4) is 0 Å². The molecule has 1 aromatic heterocycles. The highest BCUT2D eigenvalue weighted by molar-refractivity contribution is 5.66. The van der Waals surface area contributed by atoms with Crippen LogP contribution in [0.15, 0.2) is 0 Å². The van der Waals surface area contributed by atoms with Crippen LogP contribution in [-0.2, 0) is 11.3 Å². The number of methoxy groups -OCH3 is 1. The van der Waals surface area contributed by atoms with Crippen molar-refractivity contribution in [3.05, 3.63) is 5.82 Å². The highest BCUT2D eigenvalue weighted by Gasteiger charge is 2.13. The third-order valence-electron chi connectivity index (χ3n) is 2.64. The summed E-state index contributed by atoms with van der Waals surface area (Å²) in [5.41, 5.74) is 6.52. The fourth-order valence-electron chi connectivity index (χ4n) is 1.55. The van der Waals surface area contributed by atoms with Crippen molar-refractivity contribution in [3.63, 3.8) is 0 Å². The zero-order valence-corrected chi connectivity index (χ0v) is 12.9. The number of nitrogens with two attached hydrogens (primary N) is 1. The molecule has 0 saturated carbocycles. The number of hydrogen-bond donors (Lipinski definition) is 2. The standard InChI is InChI=1S/C14H26N4O2/c1-5-6-7-20-14-12(15)13(16-8-10(2)3)17-11(18-14)9-19-4/h10H,5-9,15H2,1-4H3,(H,16,17,18). The minimum atomic E-state index is 0.334. The summed E-state index contributed by atoms with van der Waals surface area (Å²) in [5.74, 6) is 2.12. The average molecular weight is 282 g/mol. The maximum Gasteiger partial charge on any atom is 0.242 e. The summed E-state index contributed by atoms with van der Waals surface area (Å²) < 4.78 is 10.7. The fourth-order valence-corrected chi connectivity index (χ4v) is 1.55. The van der Waals surface area contributed by atoms with Crippen LogP contribution < -0.4 is 15.8 Å². The van der Waals surface area contributed by atoms with Gasteiger partial charge in [0.1, 0.15) is 12.3 Å². The maximum absolute atomic E-state index is 6.06. The van der Waals surface area contributed by atoms with Crippen LogP contribution >= 0.6 is 0 Å². The molecule has 6 nitrogen and oxygen atoms in total. The summed E-state index contributed by atoms with van der Waals surface area (Å²) >= 11 is 0. The van der Waals surface area contributed by atoms with Crippen molar-refractivity contribution < 1.29 is 9.47 Å². The number of aromatic nitrogens is 2. The molecule has 114 valence electrons. The van der Waals surface area contributed by atoms with Gasteiger partial charge in [-0.1, -0.05) is 27.2 Å². The van der Waals surface area contributed by atoms with Crippen LogP contribution in [0, 0.1) is 5.92 Å². The molecule has 1 aromatic rings. The second-order valence-corrected chi connectivity index (χ2v) is 5.12. The van der Waals surface area contributed by atoms with Crippen LogP contribution in [0.1, 0.15) is 39.4 Å². The van der Waals surface area contributed by atoms with Gasteiger partial charge in [0.2, 0.25) is 5.88 Å². The second kappa shape index (κ2) is 8.58. The summed E-state index contributed by atoms with van der Waals surface area (Å²) in [6.45, 7) is 8.09. The first-order chi connectivity index (χ1) is 9.58. The number of rotatable bonds is 9. The monoisotopic (exact) mass is 282 g/mol. The minimum absolute atomic E-state index is 0.334. The number of nitrogens with one attached hydrogen (secondary N) is 1. The van der Waals surface area contributed by atoms with E-state index in [1.165, 1.54) is 0 Å². The Balaban J connectivity index is 2.89. The van der Waals surface area contributed by atoms with Crippen LogP contribution in [0.2, 0.25) is 0 Å². The topological polar surface area (TPSA) is 82.3 Å². The molecule has 6 heteroatoms. The Morgan fingerprint density at radius 3 is 2.65 bits per heavy atom. The lowest BCUT2D eigenvalue weighted by Crippen LogP contribution is -2.14.